The van der Waals surface area contributed by atoms with E-state index in [0.717, 1.165) is 46.7 Å². The van der Waals surface area contributed by atoms with Crippen molar-refractivity contribution in [1.82, 2.24) is 0 Å². The minimum atomic E-state index is -1.33. The number of nitrogens with zero attached hydrogens (tertiary/aromatic N) is 1. The maximum absolute atomic E-state index is 10.9. The van der Waals surface area contributed by atoms with Crippen LogP contribution in [0.3, 0.4) is 0 Å². The molecule has 0 amide bonds. The van der Waals surface area contributed by atoms with Gasteiger partial charge in [-0.3, -0.25) is 0 Å². The van der Waals surface area contributed by atoms with Crippen LogP contribution in [-0.2, 0) is 12.8 Å². The predicted octanol–water partition coefficient (Wildman–Crippen LogP) is -18.2. The van der Waals surface area contributed by atoms with E-state index in [1.165, 1.54) is 18.2 Å². The fourth-order valence-electron chi connectivity index (χ4n) is 12.9. The molecule has 0 aromatic heterocycles. The number of methoxy groups -OCH3 is 2. The van der Waals surface area contributed by atoms with Gasteiger partial charge in [-0.1, -0.05) is 12.1 Å². The largest absolute Gasteiger partial charge is 1.00 e. The van der Waals surface area contributed by atoms with Gasteiger partial charge in [0.1, 0.15) is 11.8 Å². The van der Waals surface area contributed by atoms with Crippen LogP contribution in [0.1, 0.15) is 35.6 Å². The van der Waals surface area contributed by atoms with E-state index in [4.69, 9.17) is 212 Å². The molecular weight excluding hydrogens is 1040 g/mol. The van der Waals surface area contributed by atoms with E-state index in [-0.39, 0.29) is 36.8 Å². The molecule has 0 saturated heterocycles. The quantitative estimate of drug-likeness (QED) is 0.0480. The van der Waals surface area contributed by atoms with E-state index >= 15 is 0 Å². The van der Waals surface area contributed by atoms with Gasteiger partial charge in [0.25, 0.3) is 0 Å². The number of halogens is 1. The molecule has 51 radical (unpaired) electrons. The summed E-state index contributed by atoms with van der Waals surface area (Å²) in [6.45, 7) is 1.23. The normalized spacial score (nSPS) is 13.3. The van der Waals surface area contributed by atoms with Crippen molar-refractivity contribution in [3.05, 3.63) is 47.0 Å². The smallest absolute Gasteiger partial charge is 0.231 e. The average Bonchev–Trinajstić information content (AvgIpc) is 3.80. The SMILES string of the molecule is COc1ccc(CCC(O)CC2c3c(cc4c(c3OC)OCO4)CC[N+]2(C)C)cc1.[B][B]B(B([B])[B])B(B([B])[B])B(B(B([B])[B])B([B])[B])B(B(B(B([B])[B])B([B])[B])B(B([B])[B])B([B])[B])B(B(B([B])[B])B([B])[B])B(B([B])[B])B([B])[B].[I-]. The van der Waals surface area contributed by atoms with Gasteiger partial charge in [0.05, 0.1) is 46.5 Å². The van der Waals surface area contributed by atoms with Crippen LogP contribution in [0.5, 0.6) is 23.0 Å². The number of rotatable bonds is 30. The van der Waals surface area contributed by atoms with E-state index < -0.39 is 153 Å². The Labute approximate surface area is 544 Å². The molecule has 56 heteroatoms. The lowest BCUT2D eigenvalue weighted by Gasteiger charge is -2.56. The summed E-state index contributed by atoms with van der Waals surface area (Å²) in [6, 6.07) is 10.3. The standard InChI is InChI=1S/C24H32NO5.B49.HI/c1-25(2)12-11-17-13-21-23(30-15-29-21)24(28-4)22(17)20(25)14-18(26)8-5-16-6-9-19(27-3)10-7-16;1-26-39(27(2)3)45(38(24)25)48(44(36(20)21)37(22)23)49(46(40(28(4)5)29(6)7)41(30(8)9)31(10)11)47(42(32(12)13)33(14)15)43(34(16)17)35(18)19;/h6-7,9-10,13,18,20,26H,5,8,11-12,14-15H2,1-4H3;;1H/q+1;;/p-1. The van der Waals surface area contributed by atoms with Gasteiger partial charge < -0.3 is 52.5 Å². The first-order valence-corrected chi connectivity index (χ1v) is 26.6. The van der Waals surface area contributed by atoms with Crippen LogP contribution in [0, 0.1) is 0 Å². The summed E-state index contributed by atoms with van der Waals surface area (Å²) in [6.07, 6.45) is -26.0. The molecule has 80 heavy (non-hydrogen) atoms. The van der Waals surface area contributed by atoms with Crippen molar-refractivity contribution in [2.45, 2.75) is 37.8 Å². The van der Waals surface area contributed by atoms with E-state index in [1.54, 1.807) is 14.2 Å². The van der Waals surface area contributed by atoms with Crippen LogP contribution < -0.4 is 42.9 Å². The minimum absolute atomic E-state index is 0. The van der Waals surface area contributed by atoms with Crippen molar-refractivity contribution in [1.29, 1.82) is 0 Å². The van der Waals surface area contributed by atoms with E-state index in [1.807, 2.05) is 12.1 Å². The van der Waals surface area contributed by atoms with Gasteiger partial charge in [0.15, 0.2) is 11.5 Å². The van der Waals surface area contributed by atoms with Crippen LogP contribution in [0.4, 0.5) is 0 Å². The lowest BCUT2D eigenvalue weighted by molar-refractivity contribution is -0.924. The Kier molecular flexibility index (Phi) is 34.5. The summed E-state index contributed by atoms with van der Waals surface area (Å²) in [4.78, 5) is 0. The molecule has 0 fully saturated rings. The number of hydrogen-bond acceptors (Lipinski definition) is 5. The number of quaternary nitrogens is 1. The highest BCUT2D eigenvalue weighted by Gasteiger charge is 2.60. The summed E-state index contributed by atoms with van der Waals surface area (Å²) in [5.74, 6) is 3.06. The predicted molar refractivity (Wildman–Crippen MR) is 396 cm³/mol. The van der Waals surface area contributed by atoms with E-state index in [2.05, 4.69) is 32.3 Å². The van der Waals surface area contributed by atoms with Crippen LogP contribution >= 0.6 is 0 Å². The first-order valence-electron chi connectivity index (χ1n) is 26.6. The van der Waals surface area contributed by atoms with Gasteiger partial charge in [0, 0.05) is 360 Å². The van der Waals surface area contributed by atoms with Crippen molar-refractivity contribution < 1.29 is 52.5 Å². The van der Waals surface area contributed by atoms with Gasteiger partial charge >= 0.3 is 0 Å². The number of hydrogen-bond donors (Lipinski definition) is 1. The molecule has 6 nitrogen and oxygen atoms in total. The lowest BCUT2D eigenvalue weighted by atomic mass is 8.25. The van der Waals surface area contributed by atoms with Gasteiger partial charge in [0.2, 0.25) is 12.5 Å². The van der Waals surface area contributed by atoms with Crippen molar-refractivity contribution >= 4 is 347 Å². The number of aliphatic hydroxyl groups is 1. The number of fused-ring (bicyclic) bond motifs is 2. The van der Waals surface area contributed by atoms with Crippen LogP contribution in [0.15, 0.2) is 30.3 Å². The molecule has 4 rings (SSSR count). The summed E-state index contributed by atoms with van der Waals surface area (Å²) < 4.78 is 23.2. The van der Waals surface area contributed by atoms with Gasteiger partial charge in [-0.2, -0.15) is 0 Å². The summed E-state index contributed by atoms with van der Waals surface area (Å²) in [7, 11) is 169. The molecule has 317 valence electrons. The first kappa shape index (κ1) is 77.6. The van der Waals surface area contributed by atoms with E-state index in [9.17, 15) is 5.11 Å². The zero-order valence-corrected chi connectivity index (χ0v) is 49.1. The fraction of sp³-hybridized carbons (Fsp3) is 0.500. The number of benzene rings is 2. The van der Waals surface area contributed by atoms with Gasteiger partial charge in [-0.25, -0.2) is 0 Å². The Morgan fingerprint density at radius 2 is 0.925 bits per heavy atom. The van der Waals surface area contributed by atoms with Crippen LogP contribution in [-0.4, -0.2) is 405 Å². The molecular formula is C24H32B49INO5. The lowest BCUT2D eigenvalue weighted by Crippen LogP contribution is -3.00. The molecule has 0 aliphatic carbocycles. The Hall–Kier alpha value is 1.47. The molecule has 0 spiro atoms. The molecule has 2 unspecified atom stereocenters. The van der Waals surface area contributed by atoms with Crippen molar-refractivity contribution in [3.63, 3.8) is 0 Å². The second kappa shape index (κ2) is 35.6. The highest BCUT2D eigenvalue weighted by molar-refractivity contribution is 8.35. The van der Waals surface area contributed by atoms with Crippen molar-refractivity contribution in [3.8, 4) is 23.0 Å². The fourth-order valence-corrected chi connectivity index (χ4v) is 12.9. The molecule has 2 heterocycles. The maximum Gasteiger partial charge on any atom is 0.231 e. The zero-order valence-electron chi connectivity index (χ0n) is 47.0. The van der Waals surface area contributed by atoms with Gasteiger partial charge in [-0.15, -0.1) is 0 Å². The average molecular weight is 1070 g/mol. The van der Waals surface area contributed by atoms with E-state index in [0.29, 0.717) is 18.6 Å². The number of aryl methyl sites for hydroxylation is 1. The summed E-state index contributed by atoms with van der Waals surface area (Å²) >= 11 is 0. The summed E-state index contributed by atoms with van der Waals surface area (Å²) in [5, 5.41) is 10.9. The van der Waals surface area contributed by atoms with Gasteiger partial charge in [-0.05, 0) is 42.2 Å². The third-order valence-electron chi connectivity index (χ3n) is 16.5. The molecule has 1 N–H and O–H groups in total. The van der Waals surface area contributed by atoms with Crippen LogP contribution in [0.2, 0.25) is 0 Å². The molecule has 2 atom stereocenters. The third kappa shape index (κ3) is 20.0. The number of ether oxygens (including phenoxy) is 4. The first-order chi connectivity index (χ1) is 36.7. The van der Waals surface area contributed by atoms with Crippen LogP contribution in [0.25, 0.3) is 0 Å². The van der Waals surface area contributed by atoms with Crippen molar-refractivity contribution in [2.75, 3.05) is 41.7 Å². The number of aliphatic hydroxyl groups excluding tert-OH is 1. The topological polar surface area (TPSA) is 57.2 Å². The second-order valence-corrected chi connectivity index (χ2v) is 22.2. The Morgan fingerprint density at radius 3 is 1.26 bits per heavy atom. The number of likely N-dealkylation sites (N-methyl/N-ethyl adjacent to an activating group) is 1. The Bertz CT molecular complexity index is 1980. The van der Waals surface area contributed by atoms with Crippen molar-refractivity contribution in [2.24, 2.45) is 0 Å². The highest BCUT2D eigenvalue weighted by Crippen LogP contribution is 2.51. The molecule has 2 aliphatic rings. The Morgan fingerprint density at radius 1 is 0.550 bits per heavy atom. The molecule has 2 aliphatic heterocycles. The zero-order chi connectivity index (χ0) is 60.3. The maximum atomic E-state index is 10.9. The third-order valence-corrected chi connectivity index (χ3v) is 16.5. The second-order valence-electron chi connectivity index (χ2n) is 22.2. The highest BCUT2D eigenvalue weighted by atomic mass is 127. The molecule has 2 aromatic rings. The molecule has 2 aromatic carbocycles. The monoisotopic (exact) mass is 1080 g/mol. The molecule has 0 saturated carbocycles. The molecule has 0 bridgehead atoms. The minimum Gasteiger partial charge on any atom is -1.00 e. The summed E-state index contributed by atoms with van der Waals surface area (Å²) in [5.41, 5.74) is 3.59. The Balaban J connectivity index is 0.000000596.